The van der Waals surface area contributed by atoms with E-state index in [0.717, 1.165) is 0 Å². The van der Waals surface area contributed by atoms with E-state index in [1.807, 2.05) is 0 Å². The van der Waals surface area contributed by atoms with Gasteiger partial charge in [-0.3, -0.25) is 0 Å². The third-order valence-electron chi connectivity index (χ3n) is 4.77. The molecule has 4 rings (SSSR count). The van der Waals surface area contributed by atoms with E-state index in [-0.39, 0.29) is 24.0 Å². The van der Waals surface area contributed by atoms with Gasteiger partial charge in [-0.05, 0) is 35.9 Å². The van der Waals surface area contributed by atoms with Crippen LogP contribution in [0.2, 0.25) is 0 Å². The van der Waals surface area contributed by atoms with Crippen molar-refractivity contribution in [3.05, 3.63) is 95.8 Å². The van der Waals surface area contributed by atoms with Gasteiger partial charge in [0.1, 0.15) is 7.05 Å². The number of pyridine rings is 1. The molecule has 0 radical (unpaired) electrons. The number of anilines is 1. The van der Waals surface area contributed by atoms with Gasteiger partial charge in [0.15, 0.2) is 0 Å². The van der Waals surface area contributed by atoms with Crippen molar-refractivity contribution in [3.8, 4) is 0 Å². The maximum absolute atomic E-state index is 2.22. The third-order valence-corrected chi connectivity index (χ3v) is 4.77. The molecule has 130 valence electrons. The van der Waals surface area contributed by atoms with Gasteiger partial charge in [-0.2, -0.15) is 4.57 Å². The van der Waals surface area contributed by atoms with Crippen LogP contribution in [-0.4, -0.2) is 7.05 Å². The Bertz CT molecular complexity index is 1030. The van der Waals surface area contributed by atoms with Crippen LogP contribution in [-0.2, 0) is 7.05 Å². The number of para-hydroxylation sites is 2. The lowest BCUT2D eigenvalue weighted by Crippen LogP contribution is -3.00. The fourth-order valence-corrected chi connectivity index (χ4v) is 3.30. The van der Waals surface area contributed by atoms with E-state index in [1.165, 1.54) is 33.5 Å². The van der Waals surface area contributed by atoms with Crippen LogP contribution in [0.15, 0.2) is 84.6 Å². The summed E-state index contributed by atoms with van der Waals surface area (Å²) in [4.78, 5) is 2.22. The minimum atomic E-state index is 0. The molecule has 2 aromatic carbocycles. The first-order chi connectivity index (χ1) is 12.2. The quantitative estimate of drug-likeness (QED) is 0.425. The summed E-state index contributed by atoms with van der Waals surface area (Å²) < 4.78 is 2.22. The Morgan fingerprint density at radius 2 is 1.65 bits per heavy atom. The molecule has 0 amide bonds. The molecule has 1 aromatic heterocycles. The average Bonchev–Trinajstić information content (AvgIpc) is 2.66. The monoisotopic (exact) mass is 452 g/mol. The number of aromatic nitrogens is 1. The van der Waals surface area contributed by atoms with Gasteiger partial charge in [0, 0.05) is 42.0 Å². The van der Waals surface area contributed by atoms with Gasteiger partial charge in [0.25, 0.3) is 0 Å². The Hall–Kier alpha value is -2.40. The summed E-state index contributed by atoms with van der Waals surface area (Å²) in [6, 6.07) is 21.2. The molecule has 0 unspecified atom stereocenters. The molecule has 26 heavy (non-hydrogen) atoms. The van der Waals surface area contributed by atoms with E-state index in [2.05, 4.69) is 115 Å². The van der Waals surface area contributed by atoms with Crippen molar-refractivity contribution in [3.63, 3.8) is 0 Å². The molecular formula is C23H21IN2. The number of fused-ring (bicyclic) bond motifs is 2. The predicted octanol–water partition coefficient (Wildman–Crippen LogP) is 1.73. The van der Waals surface area contributed by atoms with Crippen molar-refractivity contribution >= 4 is 28.7 Å². The van der Waals surface area contributed by atoms with Crippen LogP contribution in [0.4, 0.5) is 5.69 Å². The normalized spacial score (nSPS) is 14.7. The van der Waals surface area contributed by atoms with Crippen LogP contribution in [0, 0.1) is 0 Å². The van der Waals surface area contributed by atoms with Crippen molar-refractivity contribution in [1.82, 2.24) is 0 Å². The second kappa shape index (κ2) is 7.87. The second-order valence-electron chi connectivity index (χ2n) is 6.28. The summed E-state index contributed by atoms with van der Waals surface area (Å²) in [7, 11) is 4.22. The number of hydrogen-bond acceptors (Lipinski definition) is 1. The molecule has 0 fully saturated rings. The molecule has 1 aliphatic heterocycles. The Balaban J connectivity index is 0.00000196. The number of hydrogen-bond donors (Lipinski definition) is 0. The molecule has 0 aliphatic carbocycles. The van der Waals surface area contributed by atoms with Gasteiger partial charge in [0.2, 0.25) is 11.2 Å². The van der Waals surface area contributed by atoms with Crippen molar-refractivity contribution in [2.24, 2.45) is 7.05 Å². The smallest absolute Gasteiger partial charge is 0.212 e. The van der Waals surface area contributed by atoms with Gasteiger partial charge in [-0.15, -0.1) is 0 Å². The average molecular weight is 452 g/mol. The molecule has 0 saturated carbocycles. The van der Waals surface area contributed by atoms with E-state index < -0.39 is 0 Å². The van der Waals surface area contributed by atoms with Gasteiger partial charge in [0.05, 0.1) is 0 Å². The maximum atomic E-state index is 2.22. The van der Waals surface area contributed by atoms with Crippen molar-refractivity contribution in [2.75, 3.05) is 11.9 Å². The highest BCUT2D eigenvalue weighted by molar-refractivity contribution is 5.77. The minimum Gasteiger partial charge on any atom is -1.00 e. The molecule has 1 aliphatic rings. The first-order valence-corrected chi connectivity index (χ1v) is 8.51. The summed E-state index contributed by atoms with van der Waals surface area (Å²) in [5.41, 5.74) is 6.09. The first-order valence-electron chi connectivity index (χ1n) is 8.51. The lowest BCUT2D eigenvalue weighted by molar-refractivity contribution is -0.646. The van der Waals surface area contributed by atoms with Crippen LogP contribution in [0.25, 0.3) is 23.1 Å². The molecule has 0 spiro atoms. The van der Waals surface area contributed by atoms with Crippen molar-refractivity contribution < 1.29 is 28.5 Å². The number of nitrogens with zero attached hydrogens (tertiary/aromatic N) is 2. The lowest BCUT2D eigenvalue weighted by Gasteiger charge is -2.25. The highest BCUT2D eigenvalue weighted by Gasteiger charge is 2.12. The fourth-order valence-electron chi connectivity index (χ4n) is 3.30. The zero-order valence-corrected chi connectivity index (χ0v) is 17.1. The highest BCUT2D eigenvalue weighted by Crippen LogP contribution is 2.29. The number of halogens is 1. The van der Waals surface area contributed by atoms with Crippen LogP contribution < -0.4 is 33.4 Å². The molecule has 0 atom stereocenters. The Morgan fingerprint density at radius 1 is 0.885 bits per heavy atom. The standard InChI is InChI=1S/C23H21N2.HI/c1-24-20(16-14-18-8-3-5-12-22(18)24)10-7-11-21-17-15-19-9-4-6-13-23(19)25(21)2;/h3-17H,1-2H3;1H/q+1;/p-1. The SMILES string of the molecule is CN1/C(=C/C=C/c2ccc3ccccc3[n+]2C)C=Cc2ccccc21.[I-]. The summed E-state index contributed by atoms with van der Waals surface area (Å²) in [6.45, 7) is 0. The summed E-state index contributed by atoms with van der Waals surface area (Å²) in [6.07, 6.45) is 10.8. The first kappa shape index (κ1) is 18.4. The molecule has 0 N–H and O–H groups in total. The Morgan fingerprint density at radius 3 is 2.54 bits per heavy atom. The Labute approximate surface area is 171 Å². The van der Waals surface area contributed by atoms with E-state index in [0.29, 0.717) is 0 Å². The zero-order valence-electron chi connectivity index (χ0n) is 14.9. The van der Waals surface area contributed by atoms with Gasteiger partial charge >= 0.3 is 0 Å². The van der Waals surface area contributed by atoms with E-state index in [1.54, 1.807) is 0 Å². The molecule has 0 bridgehead atoms. The van der Waals surface area contributed by atoms with Gasteiger partial charge in [-0.25, -0.2) is 0 Å². The zero-order chi connectivity index (χ0) is 17.2. The fraction of sp³-hybridized carbons (Fsp3) is 0.0870. The number of aryl methyl sites for hydroxylation is 1. The lowest BCUT2D eigenvalue weighted by atomic mass is 10.1. The van der Waals surface area contributed by atoms with Crippen molar-refractivity contribution in [1.29, 1.82) is 0 Å². The predicted molar refractivity (Wildman–Crippen MR) is 106 cm³/mol. The second-order valence-corrected chi connectivity index (χ2v) is 6.28. The third kappa shape index (κ3) is 3.44. The number of benzene rings is 2. The van der Waals surface area contributed by atoms with Gasteiger partial charge in [-0.1, -0.05) is 42.5 Å². The van der Waals surface area contributed by atoms with Crippen LogP contribution in [0.3, 0.4) is 0 Å². The Kier molecular flexibility index (Phi) is 5.57. The van der Waals surface area contributed by atoms with E-state index in [4.69, 9.17) is 0 Å². The van der Waals surface area contributed by atoms with E-state index in [9.17, 15) is 0 Å². The molecule has 3 aromatic rings. The molecule has 2 heterocycles. The van der Waals surface area contributed by atoms with Crippen LogP contribution >= 0.6 is 0 Å². The summed E-state index contributed by atoms with van der Waals surface area (Å²) >= 11 is 0. The maximum Gasteiger partial charge on any atom is 0.212 e. The van der Waals surface area contributed by atoms with Crippen LogP contribution in [0.5, 0.6) is 0 Å². The summed E-state index contributed by atoms with van der Waals surface area (Å²) in [5.74, 6) is 0. The summed E-state index contributed by atoms with van der Waals surface area (Å²) in [5, 5.41) is 1.26. The minimum absolute atomic E-state index is 0. The highest BCUT2D eigenvalue weighted by atomic mass is 127. The molecule has 0 saturated heterocycles. The van der Waals surface area contributed by atoms with E-state index >= 15 is 0 Å². The molecule has 2 nitrogen and oxygen atoms in total. The largest absolute Gasteiger partial charge is 1.00 e. The number of rotatable bonds is 2. The topological polar surface area (TPSA) is 7.12 Å². The number of allylic oxidation sites excluding steroid dienone is 3. The van der Waals surface area contributed by atoms with Crippen molar-refractivity contribution in [2.45, 2.75) is 0 Å². The molecular weight excluding hydrogens is 431 g/mol. The van der Waals surface area contributed by atoms with Crippen LogP contribution in [0.1, 0.15) is 11.3 Å². The number of likely N-dealkylation sites (N-methyl/N-ethyl adjacent to an activating group) is 1. The molecule has 3 heteroatoms. The van der Waals surface area contributed by atoms with Gasteiger partial charge < -0.3 is 28.9 Å².